The number of thiophene rings is 1. The minimum Gasteiger partial charge on any atom is -0.390 e. The van der Waals surface area contributed by atoms with E-state index in [1.54, 1.807) is 35.6 Å². The van der Waals surface area contributed by atoms with Crippen molar-refractivity contribution in [2.24, 2.45) is 0 Å². The molecule has 3 rings (SSSR count). The number of aryl methyl sites for hydroxylation is 1. The third kappa shape index (κ3) is 2.28. The van der Waals surface area contributed by atoms with Gasteiger partial charge in [0.05, 0.1) is 10.6 Å². The minimum atomic E-state index is 0.0218. The molecule has 0 unspecified atom stereocenters. The Balaban J connectivity index is 2.04. The molecule has 0 saturated carbocycles. The van der Waals surface area contributed by atoms with Gasteiger partial charge in [0.1, 0.15) is 0 Å². The number of fused-ring (bicyclic) bond motifs is 1. The van der Waals surface area contributed by atoms with Crippen molar-refractivity contribution in [3.63, 3.8) is 0 Å². The highest BCUT2D eigenvalue weighted by Crippen LogP contribution is 2.37. The molecule has 0 radical (unpaired) electrons. The standard InChI is InChI=1S/C15H14ClNOS/c16-10-7-5-9(6-8-10)14(18)13-11-3-1-2-4-12(11)19-15(13)17/h5-8H,1-4,17H2. The van der Waals surface area contributed by atoms with Gasteiger partial charge < -0.3 is 5.73 Å². The molecule has 1 aliphatic rings. The maximum Gasteiger partial charge on any atom is 0.196 e. The number of benzene rings is 1. The van der Waals surface area contributed by atoms with Crippen molar-refractivity contribution in [1.29, 1.82) is 0 Å². The van der Waals surface area contributed by atoms with E-state index in [2.05, 4.69) is 0 Å². The van der Waals surface area contributed by atoms with Crippen molar-refractivity contribution in [3.8, 4) is 0 Å². The third-order valence-corrected chi connectivity index (χ3v) is 4.90. The first-order chi connectivity index (χ1) is 9.16. The van der Waals surface area contributed by atoms with E-state index in [9.17, 15) is 4.79 Å². The van der Waals surface area contributed by atoms with Gasteiger partial charge in [-0.15, -0.1) is 11.3 Å². The van der Waals surface area contributed by atoms with Crippen LogP contribution in [0.5, 0.6) is 0 Å². The van der Waals surface area contributed by atoms with E-state index >= 15 is 0 Å². The molecule has 2 aromatic rings. The zero-order chi connectivity index (χ0) is 13.4. The summed E-state index contributed by atoms with van der Waals surface area (Å²) in [7, 11) is 0. The molecule has 0 saturated heterocycles. The van der Waals surface area contributed by atoms with E-state index in [1.807, 2.05) is 0 Å². The first kappa shape index (κ1) is 12.7. The number of nitrogen functional groups attached to an aromatic ring is 1. The summed E-state index contributed by atoms with van der Waals surface area (Å²) in [5, 5.41) is 1.30. The van der Waals surface area contributed by atoms with Crippen LogP contribution in [0, 0.1) is 0 Å². The van der Waals surface area contributed by atoms with Crippen molar-refractivity contribution in [2.45, 2.75) is 25.7 Å². The molecule has 0 atom stereocenters. The quantitative estimate of drug-likeness (QED) is 0.847. The van der Waals surface area contributed by atoms with Crippen LogP contribution in [-0.4, -0.2) is 5.78 Å². The molecule has 1 aromatic heterocycles. The van der Waals surface area contributed by atoms with E-state index in [0.717, 1.165) is 24.8 Å². The smallest absolute Gasteiger partial charge is 0.196 e. The van der Waals surface area contributed by atoms with Crippen LogP contribution in [0.2, 0.25) is 5.02 Å². The van der Waals surface area contributed by atoms with Crippen LogP contribution in [0.4, 0.5) is 5.00 Å². The SMILES string of the molecule is Nc1sc2c(c1C(=O)c1ccc(Cl)cc1)CCCC2. The second-order valence-electron chi connectivity index (χ2n) is 4.79. The molecular weight excluding hydrogens is 278 g/mol. The van der Waals surface area contributed by atoms with Gasteiger partial charge in [-0.25, -0.2) is 0 Å². The largest absolute Gasteiger partial charge is 0.390 e. The fourth-order valence-electron chi connectivity index (χ4n) is 2.58. The number of nitrogens with two attached hydrogens (primary N) is 1. The fourth-order valence-corrected chi connectivity index (χ4v) is 3.86. The highest BCUT2D eigenvalue weighted by Gasteiger charge is 2.24. The molecule has 2 N–H and O–H groups in total. The van der Waals surface area contributed by atoms with E-state index in [-0.39, 0.29) is 5.78 Å². The van der Waals surface area contributed by atoms with Gasteiger partial charge in [0, 0.05) is 15.5 Å². The van der Waals surface area contributed by atoms with Crippen molar-refractivity contribution in [2.75, 3.05) is 5.73 Å². The molecule has 1 aromatic carbocycles. The highest BCUT2D eigenvalue weighted by atomic mass is 35.5. The zero-order valence-corrected chi connectivity index (χ0v) is 12.0. The number of anilines is 1. The van der Waals surface area contributed by atoms with Gasteiger partial charge >= 0.3 is 0 Å². The molecule has 19 heavy (non-hydrogen) atoms. The van der Waals surface area contributed by atoms with Gasteiger partial charge in [0.2, 0.25) is 0 Å². The van der Waals surface area contributed by atoms with Crippen molar-refractivity contribution in [3.05, 3.63) is 50.9 Å². The summed E-state index contributed by atoms with van der Waals surface area (Å²) < 4.78 is 0. The number of rotatable bonds is 2. The van der Waals surface area contributed by atoms with Gasteiger partial charge in [-0.05, 0) is 55.5 Å². The summed E-state index contributed by atoms with van der Waals surface area (Å²) >= 11 is 7.43. The number of carbonyl (C=O) groups is 1. The maximum absolute atomic E-state index is 12.6. The number of ketones is 1. The lowest BCUT2D eigenvalue weighted by Crippen LogP contribution is -2.08. The molecule has 1 heterocycles. The summed E-state index contributed by atoms with van der Waals surface area (Å²) in [6.45, 7) is 0. The molecule has 0 fully saturated rings. The Morgan fingerprint density at radius 2 is 1.84 bits per heavy atom. The molecule has 0 aliphatic heterocycles. The summed E-state index contributed by atoms with van der Waals surface area (Å²) in [5.74, 6) is 0.0218. The van der Waals surface area contributed by atoms with E-state index in [4.69, 9.17) is 17.3 Å². The Bertz CT molecular complexity index is 630. The van der Waals surface area contributed by atoms with Crippen molar-refractivity contribution >= 4 is 33.7 Å². The van der Waals surface area contributed by atoms with Gasteiger partial charge in [-0.2, -0.15) is 0 Å². The summed E-state index contributed by atoms with van der Waals surface area (Å²) in [6, 6.07) is 7.00. The third-order valence-electron chi connectivity index (χ3n) is 3.53. The average Bonchev–Trinajstić information content (AvgIpc) is 2.74. The van der Waals surface area contributed by atoms with E-state index in [0.29, 0.717) is 15.6 Å². The number of carbonyl (C=O) groups excluding carboxylic acids is 1. The minimum absolute atomic E-state index is 0.0218. The van der Waals surface area contributed by atoms with Crippen molar-refractivity contribution < 1.29 is 4.79 Å². The lowest BCUT2D eigenvalue weighted by molar-refractivity contribution is 0.103. The van der Waals surface area contributed by atoms with Crippen LogP contribution in [0.3, 0.4) is 0 Å². The Morgan fingerprint density at radius 1 is 1.16 bits per heavy atom. The Kier molecular flexibility index (Phi) is 3.33. The fraction of sp³-hybridized carbons (Fsp3) is 0.267. The summed E-state index contributed by atoms with van der Waals surface area (Å²) in [5.41, 5.74) is 8.61. The lowest BCUT2D eigenvalue weighted by Gasteiger charge is -2.12. The molecule has 4 heteroatoms. The van der Waals surface area contributed by atoms with E-state index < -0.39 is 0 Å². The molecule has 0 bridgehead atoms. The monoisotopic (exact) mass is 291 g/mol. The number of halogens is 1. The molecule has 0 amide bonds. The highest BCUT2D eigenvalue weighted by molar-refractivity contribution is 7.16. The summed E-state index contributed by atoms with van der Waals surface area (Å²) in [6.07, 6.45) is 4.36. The van der Waals surface area contributed by atoms with E-state index in [1.165, 1.54) is 16.9 Å². The molecule has 1 aliphatic carbocycles. The van der Waals surface area contributed by atoms with Crippen LogP contribution in [0.15, 0.2) is 24.3 Å². The van der Waals surface area contributed by atoms with Gasteiger partial charge in [0.15, 0.2) is 5.78 Å². The predicted octanol–water partition coefficient (Wildman–Crippen LogP) is 4.09. The normalized spacial score (nSPS) is 14.2. The van der Waals surface area contributed by atoms with Gasteiger partial charge in [-0.1, -0.05) is 11.6 Å². The topological polar surface area (TPSA) is 43.1 Å². The Morgan fingerprint density at radius 3 is 2.58 bits per heavy atom. The van der Waals surface area contributed by atoms with Crippen LogP contribution >= 0.6 is 22.9 Å². The molecule has 0 spiro atoms. The van der Waals surface area contributed by atoms with Gasteiger partial charge in [-0.3, -0.25) is 4.79 Å². The average molecular weight is 292 g/mol. The molecular formula is C15H14ClNOS. The van der Waals surface area contributed by atoms with Crippen molar-refractivity contribution in [1.82, 2.24) is 0 Å². The number of hydrogen-bond donors (Lipinski definition) is 1. The first-order valence-corrected chi connectivity index (χ1v) is 7.56. The Labute approximate surface area is 121 Å². The molecule has 2 nitrogen and oxygen atoms in total. The van der Waals surface area contributed by atoms with Crippen LogP contribution in [0.25, 0.3) is 0 Å². The summed E-state index contributed by atoms with van der Waals surface area (Å²) in [4.78, 5) is 13.9. The molecule has 98 valence electrons. The predicted molar refractivity (Wildman–Crippen MR) is 80.3 cm³/mol. The lowest BCUT2D eigenvalue weighted by atomic mass is 9.92. The first-order valence-electron chi connectivity index (χ1n) is 6.37. The second-order valence-corrected chi connectivity index (χ2v) is 6.36. The maximum atomic E-state index is 12.6. The Hall–Kier alpha value is -1.32. The zero-order valence-electron chi connectivity index (χ0n) is 10.4. The van der Waals surface area contributed by atoms with Crippen LogP contribution in [0.1, 0.15) is 39.2 Å². The van der Waals surface area contributed by atoms with Crippen LogP contribution in [-0.2, 0) is 12.8 Å². The number of hydrogen-bond acceptors (Lipinski definition) is 3. The second kappa shape index (κ2) is 4.99. The van der Waals surface area contributed by atoms with Gasteiger partial charge in [0.25, 0.3) is 0 Å². The van der Waals surface area contributed by atoms with Crippen LogP contribution < -0.4 is 5.73 Å².